The second-order valence-electron chi connectivity index (χ2n) is 42.8. The SMILES string of the molecule is CC(C)(C)OC(=O)N[C@@H]1CCCCC/C=C\[C@@H]2CC2(C(=O)O)NC(=O)[C@@H]2C[C@@H](n3cnc4c(-c5nccs5)cc(-c5nccs5)cc43)CN2C1=O.Cc1cc(-c2nccs2)cc2c1ncn2[C@@H]1C[C@H]2C(=O)NC3(C(=O)O)C[C@H]3/C=C\CCCCC[C@@H](NC(=O)OC(C)(C)C)C(=O)N2C1.O=C(NC1CCCC1)N[C@@H]1CCCCC/C=C\[C@@H]2CC2(C(=O)O)NC(=O)[C@@H]2C[C@@H](n3cnc4c(-c5nccs5)cc(-c5nccs5)cc43)CN2C1=O. The monoisotopic (exact) mass is 2140 g/mol. The zero-order valence-corrected chi connectivity index (χ0v) is 88.7. The van der Waals surface area contributed by atoms with Gasteiger partial charge in [0, 0.05) is 129 Å². The molecule has 38 nitrogen and oxygen atoms in total. The number of allylic oxidation sites excluding steroid dienone is 3. The molecule has 0 spiro atoms. The van der Waals surface area contributed by atoms with Gasteiger partial charge in [-0.2, -0.15) is 0 Å². The van der Waals surface area contributed by atoms with E-state index in [1.54, 1.807) is 96.4 Å². The molecule has 6 aliphatic heterocycles. The van der Waals surface area contributed by atoms with Gasteiger partial charge in [-0.15, -0.1) is 56.7 Å². The zero-order chi connectivity index (χ0) is 105. The Morgan fingerprint density at radius 1 is 0.387 bits per heavy atom. The van der Waals surface area contributed by atoms with Crippen molar-refractivity contribution >= 4 is 161 Å². The number of nitrogens with one attached hydrogen (secondary N) is 7. The Hall–Kier alpha value is -13.5. The van der Waals surface area contributed by atoms with Gasteiger partial charge < -0.3 is 90.4 Å². The number of nitrogens with zero attached hydrogens (tertiary/aromatic N) is 14. The Balaban J connectivity index is 0.000000141. The van der Waals surface area contributed by atoms with Gasteiger partial charge in [-0.1, -0.05) is 87.8 Å². The van der Waals surface area contributed by atoms with Crippen molar-refractivity contribution in [2.75, 3.05) is 19.6 Å². The number of hydrogen-bond donors (Lipinski definition) is 10. The second-order valence-corrected chi connectivity index (χ2v) is 47.2. The van der Waals surface area contributed by atoms with Gasteiger partial charge in [0.15, 0.2) is 0 Å². The van der Waals surface area contributed by atoms with Crippen molar-refractivity contribution in [3.63, 3.8) is 0 Å². The first kappa shape index (κ1) is 105. The van der Waals surface area contributed by atoms with Crippen LogP contribution in [0.3, 0.4) is 0 Å². The molecule has 0 bridgehead atoms. The Labute approximate surface area is 886 Å². The standard InChI is InChI=1S/C37H42N8O5S2.C36H41N7O6S2.C34H42N6O6S/c46-31-29-18-25(45-21-40-30-26(33-39-13-15-52-33)16-22(17-28(30)45)32-38-12-14-51-32)20-44(29)34(47)27(42-36(50)41-24-9-6-7-10-24)11-5-3-1-2-4-8-23-19-37(23,43-31)35(48)49;1-35(2,3)49-34(48)40-25-10-8-6-4-5-7-9-22-18-36(22,33(46)47)41-29(44)27-17-23(19-42(27)32(25)45)43-20-39-28-24(31-38-12-14-51-31)15-21(16-26(28)43)30-37-11-13-50-30;1-20-14-21(29-35-12-13-47-29)15-25-27(20)36-19-40(25)23-16-26-28(41)38-34(31(43)44)17-22(34)10-8-6-5-7-9-11-24(30(42)39(26)18-23)37-32(45)46-33(2,3)4/h4,8,12-17,21,23-25,27,29H,1-3,5-7,9-11,18-20H2,(H,43,46)(H,48,49)(H2,41,42,50);7,9,11-16,20,22-23,25,27H,4-6,8,10,17-19H2,1-3H3,(H,40,48)(H,41,44)(H,46,47);8,10,12-15,19,22-24,26H,5-7,9,11,16-18H2,1-4H3,(H,37,45)(H,38,41)(H,43,44)/b8-4-;9-7-;10-8-/t23-,25-,27-,29+,37?;22-,23-,25-,27+,36?;22-,23-,24-,26+,34?/m111/s1. The van der Waals surface area contributed by atoms with Gasteiger partial charge in [0.2, 0.25) is 35.4 Å². The average Bonchev–Trinajstić information content (AvgIpc) is 1.58. The van der Waals surface area contributed by atoms with E-state index in [1.807, 2.05) is 120 Å². The lowest BCUT2D eigenvalue weighted by molar-refractivity contribution is -0.146. The Morgan fingerprint density at radius 3 is 1.03 bits per heavy atom. The molecule has 150 heavy (non-hydrogen) atoms. The summed E-state index contributed by atoms with van der Waals surface area (Å²) >= 11 is 7.61. The minimum Gasteiger partial charge on any atom is -0.479 e. The van der Waals surface area contributed by atoms with Crippen molar-refractivity contribution in [3.05, 3.63) is 155 Å². The third-order valence-electron chi connectivity index (χ3n) is 30.1. The van der Waals surface area contributed by atoms with Gasteiger partial charge >= 0.3 is 36.1 Å². The van der Waals surface area contributed by atoms with Crippen LogP contribution >= 0.6 is 56.7 Å². The Bertz CT molecular complexity index is 6960. The highest BCUT2D eigenvalue weighted by Gasteiger charge is 2.64. The molecule has 11 aromatic rings. The smallest absolute Gasteiger partial charge is 0.408 e. The number of urea groups is 1. The van der Waals surface area contributed by atoms with Gasteiger partial charge in [0.05, 0.1) is 70.2 Å². The summed E-state index contributed by atoms with van der Waals surface area (Å²) in [5.41, 5.74) is 4.43. The lowest BCUT2D eigenvalue weighted by Crippen LogP contribution is -2.57. The molecule has 10 amide bonds. The number of aliphatic carboxylic acids is 3. The number of benzene rings is 3. The summed E-state index contributed by atoms with van der Waals surface area (Å²) in [5, 5.41) is 64.6. The maximum atomic E-state index is 14.6. The average molecular weight is 2140 g/mol. The minimum atomic E-state index is -1.43. The van der Waals surface area contributed by atoms with Crippen LogP contribution < -0.4 is 37.2 Å². The molecule has 15 atom stereocenters. The number of imidazole rings is 3. The first-order chi connectivity index (χ1) is 72.1. The van der Waals surface area contributed by atoms with Crippen LogP contribution in [0, 0.1) is 24.7 Å². The molecule has 0 radical (unpaired) electrons. The molecule has 10 aliphatic rings. The molecule has 3 aromatic carbocycles. The van der Waals surface area contributed by atoms with Crippen molar-refractivity contribution < 1.29 is 82.3 Å². The van der Waals surface area contributed by atoms with E-state index in [2.05, 4.69) is 67.1 Å². The van der Waals surface area contributed by atoms with Gasteiger partial charge in [0.25, 0.3) is 0 Å². The first-order valence-electron chi connectivity index (χ1n) is 51.7. The summed E-state index contributed by atoms with van der Waals surface area (Å²) in [5.74, 6) is -6.96. The number of carboxylic acid groups (broad SMARTS) is 3. The number of fused-ring (bicyclic) bond motifs is 9. The number of hydrogen-bond acceptors (Lipinski definition) is 27. The van der Waals surface area contributed by atoms with Crippen molar-refractivity contribution in [1.29, 1.82) is 0 Å². The highest BCUT2D eigenvalue weighted by atomic mass is 32.1. The van der Waals surface area contributed by atoms with E-state index >= 15 is 0 Å². The molecule has 4 saturated carbocycles. The van der Waals surface area contributed by atoms with Gasteiger partial charge in [-0.05, 0) is 200 Å². The number of rotatable bonds is 15. The predicted molar refractivity (Wildman–Crippen MR) is 567 cm³/mol. The third-order valence-corrected chi connectivity index (χ3v) is 34.1. The molecular formula is C107H125N21O17S5. The molecule has 3 unspecified atom stereocenters. The first-order valence-corrected chi connectivity index (χ1v) is 56.1. The van der Waals surface area contributed by atoms with Crippen LogP contribution in [0.5, 0.6) is 0 Å². The van der Waals surface area contributed by atoms with Crippen LogP contribution in [0.1, 0.15) is 226 Å². The van der Waals surface area contributed by atoms with Gasteiger partial charge in [-0.25, -0.2) is 68.6 Å². The molecule has 43 heteroatoms. The third kappa shape index (κ3) is 22.9. The summed E-state index contributed by atoms with van der Waals surface area (Å²) in [6.45, 7) is 13.0. The molecule has 3 saturated heterocycles. The summed E-state index contributed by atoms with van der Waals surface area (Å²) in [7, 11) is 0. The summed E-state index contributed by atoms with van der Waals surface area (Å²) in [4.78, 5) is 204. The van der Waals surface area contributed by atoms with Crippen LogP contribution in [-0.2, 0) is 52.6 Å². The maximum Gasteiger partial charge on any atom is 0.408 e. The van der Waals surface area contributed by atoms with Crippen LogP contribution in [0.2, 0.25) is 0 Å². The zero-order valence-electron chi connectivity index (χ0n) is 84.6. The summed E-state index contributed by atoms with van der Waals surface area (Å²) < 4.78 is 17.0. The normalized spacial score (nSPS) is 27.2. The fourth-order valence-corrected chi connectivity index (χ4v) is 25.3. The fourth-order valence-electron chi connectivity index (χ4n) is 22.1. The van der Waals surface area contributed by atoms with Crippen molar-refractivity contribution in [2.45, 2.75) is 297 Å². The number of aryl methyl sites for hydroxylation is 1. The molecule has 4 aliphatic carbocycles. The number of aromatic nitrogens is 11. The van der Waals surface area contributed by atoms with Crippen molar-refractivity contribution in [2.24, 2.45) is 17.8 Å². The number of carboxylic acids is 3. The maximum absolute atomic E-state index is 14.6. The largest absolute Gasteiger partial charge is 0.479 e. The van der Waals surface area contributed by atoms with Crippen LogP contribution in [0.25, 0.3) is 86.0 Å². The van der Waals surface area contributed by atoms with Gasteiger partial charge in [0.1, 0.15) is 89.1 Å². The fraction of sp³-hybridized carbons (Fsp3) is 0.495. The highest BCUT2D eigenvalue weighted by Crippen LogP contribution is 2.51. The molecule has 14 heterocycles. The van der Waals surface area contributed by atoms with E-state index in [1.165, 1.54) is 66.5 Å². The van der Waals surface area contributed by atoms with Crippen LogP contribution in [0.4, 0.5) is 14.4 Å². The number of carbonyl (C=O) groups excluding carboxylic acids is 9. The molecule has 8 aromatic heterocycles. The highest BCUT2D eigenvalue weighted by molar-refractivity contribution is 7.14. The van der Waals surface area contributed by atoms with Gasteiger partial charge in [-0.3, -0.25) is 28.8 Å². The van der Waals surface area contributed by atoms with Crippen molar-refractivity contribution in [1.82, 2.24) is 105 Å². The molecule has 21 rings (SSSR count). The van der Waals surface area contributed by atoms with E-state index in [9.17, 15) is 72.9 Å². The molecule has 790 valence electrons. The number of ether oxygens (including phenoxy) is 2. The Kier molecular flexibility index (Phi) is 30.9. The predicted octanol–water partition coefficient (Wildman–Crippen LogP) is 16.3. The molecule has 10 N–H and O–H groups in total. The van der Waals surface area contributed by atoms with E-state index in [0.29, 0.717) is 44.9 Å². The summed E-state index contributed by atoms with van der Waals surface area (Å²) in [6.07, 6.45) is 40.3. The van der Waals surface area contributed by atoms with E-state index in [4.69, 9.17) is 19.4 Å². The number of thiazole rings is 5. The van der Waals surface area contributed by atoms with E-state index < -0.39 is 124 Å². The van der Waals surface area contributed by atoms with Crippen LogP contribution in [-0.4, -0.2) is 245 Å². The quantitative estimate of drug-likeness (QED) is 0.0426. The lowest BCUT2D eigenvalue weighted by atomic mass is 10.0. The Morgan fingerprint density at radius 2 is 0.700 bits per heavy atom. The van der Waals surface area contributed by atoms with E-state index in [-0.39, 0.29) is 99.2 Å². The molecular weight excluding hydrogens is 2010 g/mol. The lowest BCUT2D eigenvalue weighted by Gasteiger charge is -2.30. The number of alkyl carbamates (subject to hydrolysis) is 2. The number of amides is 10. The molecule has 7 fully saturated rings. The number of carbonyl (C=O) groups is 12. The summed E-state index contributed by atoms with van der Waals surface area (Å²) in [6, 6.07) is 5.24. The minimum absolute atomic E-state index is 0.0793. The second kappa shape index (κ2) is 44.2. The van der Waals surface area contributed by atoms with Crippen molar-refractivity contribution in [3.8, 4) is 52.9 Å². The van der Waals surface area contributed by atoms with Crippen LogP contribution in [0.15, 0.2) is 150 Å². The van der Waals surface area contributed by atoms with E-state index in [0.717, 1.165) is 181 Å². The topological polar surface area (TPSA) is 496 Å².